The van der Waals surface area contributed by atoms with Crippen LogP contribution in [0.5, 0.6) is 0 Å². The Hall–Kier alpha value is -2.04. The van der Waals surface area contributed by atoms with Crippen LogP contribution in [0.25, 0.3) is 10.2 Å². The number of imidazole rings is 1. The van der Waals surface area contributed by atoms with Crippen LogP contribution in [0.4, 0.5) is 5.69 Å². The molecule has 0 bridgehead atoms. The van der Waals surface area contributed by atoms with Crippen LogP contribution in [-0.2, 0) is 16.6 Å². The molecular weight excluding hydrogens is 450 g/mol. The first-order valence-electron chi connectivity index (χ1n) is 10.3. The van der Waals surface area contributed by atoms with E-state index in [1.807, 2.05) is 36.0 Å². The molecule has 0 spiro atoms. The van der Waals surface area contributed by atoms with Crippen LogP contribution in [-0.4, -0.2) is 43.9 Å². The highest BCUT2D eigenvalue weighted by Gasteiger charge is 2.16. The third-order valence-corrected chi connectivity index (χ3v) is 8.28. The Morgan fingerprint density at radius 1 is 1.16 bits per heavy atom. The second kappa shape index (κ2) is 10.5. The lowest BCUT2D eigenvalue weighted by Gasteiger charge is -2.22. The summed E-state index contributed by atoms with van der Waals surface area (Å²) in [4.78, 5) is 33.3. The Morgan fingerprint density at radius 3 is 2.74 bits per heavy atom. The van der Waals surface area contributed by atoms with Gasteiger partial charge in [-0.2, -0.15) is 0 Å². The minimum atomic E-state index is -0.0779. The van der Waals surface area contributed by atoms with Gasteiger partial charge in [0, 0.05) is 31.2 Å². The monoisotopic (exact) mass is 475 g/mol. The molecule has 1 aliphatic rings. The van der Waals surface area contributed by atoms with E-state index in [9.17, 15) is 9.59 Å². The van der Waals surface area contributed by atoms with Gasteiger partial charge in [0.1, 0.15) is 0 Å². The van der Waals surface area contributed by atoms with E-state index in [2.05, 4.69) is 20.6 Å². The van der Waals surface area contributed by atoms with Crippen molar-refractivity contribution < 1.29 is 9.59 Å². The van der Waals surface area contributed by atoms with Crippen molar-refractivity contribution in [2.75, 3.05) is 16.8 Å². The Morgan fingerprint density at radius 2 is 1.97 bits per heavy atom. The summed E-state index contributed by atoms with van der Waals surface area (Å²) in [5.74, 6) is 0.674. The number of thiazole rings is 1. The smallest absolute Gasteiger partial charge is 0.234 e. The zero-order valence-corrected chi connectivity index (χ0v) is 19.7. The summed E-state index contributed by atoms with van der Waals surface area (Å²) in [6.45, 7) is 0. The molecule has 1 aromatic carbocycles. The molecule has 1 saturated carbocycles. The van der Waals surface area contributed by atoms with E-state index in [0.29, 0.717) is 17.5 Å². The van der Waals surface area contributed by atoms with Crippen LogP contribution in [0.3, 0.4) is 0 Å². The van der Waals surface area contributed by atoms with E-state index < -0.39 is 0 Å². The molecule has 0 radical (unpaired) electrons. The van der Waals surface area contributed by atoms with Crippen molar-refractivity contribution in [3.63, 3.8) is 0 Å². The van der Waals surface area contributed by atoms with Crippen molar-refractivity contribution in [2.24, 2.45) is 7.05 Å². The number of nitrogens with zero attached hydrogens (tertiary/aromatic N) is 3. The quantitative estimate of drug-likeness (QED) is 0.472. The summed E-state index contributed by atoms with van der Waals surface area (Å²) in [6.07, 6.45) is 9.43. The Bertz CT molecular complexity index is 1060. The second-order valence-electron chi connectivity index (χ2n) is 7.51. The summed E-state index contributed by atoms with van der Waals surface area (Å²) >= 11 is 4.41. The predicted octanol–water partition coefficient (Wildman–Crippen LogP) is 4.30. The number of fused-ring (bicyclic) bond motifs is 1. The SMILES string of the molecule is Cn1ccnc1SCC(=O)Nc1ccc2nc(SCC(=O)NC3CCCCC3)sc2c1. The lowest BCUT2D eigenvalue weighted by atomic mass is 9.95. The van der Waals surface area contributed by atoms with Crippen molar-refractivity contribution >= 4 is 62.6 Å². The number of hydrogen-bond donors (Lipinski definition) is 2. The van der Waals surface area contributed by atoms with E-state index in [1.165, 1.54) is 42.8 Å². The van der Waals surface area contributed by atoms with Crippen molar-refractivity contribution in [1.82, 2.24) is 19.9 Å². The lowest BCUT2D eigenvalue weighted by Crippen LogP contribution is -2.37. The summed E-state index contributed by atoms with van der Waals surface area (Å²) < 4.78 is 3.74. The number of aryl methyl sites for hydroxylation is 1. The number of rotatable bonds is 8. The van der Waals surface area contributed by atoms with Crippen LogP contribution < -0.4 is 10.6 Å². The highest BCUT2D eigenvalue weighted by atomic mass is 32.2. The maximum atomic E-state index is 12.3. The van der Waals surface area contributed by atoms with Gasteiger partial charge in [-0.1, -0.05) is 42.8 Å². The average Bonchev–Trinajstić information content (AvgIpc) is 3.36. The summed E-state index contributed by atoms with van der Waals surface area (Å²) in [5, 5.41) is 6.88. The molecule has 2 heterocycles. The molecule has 4 rings (SSSR count). The number of carbonyl (C=O) groups is 2. The molecule has 0 unspecified atom stereocenters. The molecule has 1 fully saturated rings. The number of benzene rings is 1. The minimum Gasteiger partial charge on any atom is -0.353 e. The standard InChI is InChI=1S/C21H25N5O2S3/c1-26-10-9-22-20(26)29-12-18(27)24-15-7-8-16-17(11-15)31-21(25-16)30-13-19(28)23-14-5-3-2-4-6-14/h7-11,14H,2-6,12-13H2,1H3,(H,23,28)(H,24,27). The number of thioether (sulfide) groups is 2. The molecule has 31 heavy (non-hydrogen) atoms. The van der Waals surface area contributed by atoms with Gasteiger partial charge in [0.15, 0.2) is 9.50 Å². The number of carbonyl (C=O) groups excluding carboxylic acids is 2. The molecule has 2 amide bonds. The van der Waals surface area contributed by atoms with Gasteiger partial charge in [-0.3, -0.25) is 9.59 Å². The molecule has 0 atom stereocenters. The van der Waals surface area contributed by atoms with Crippen molar-refractivity contribution in [3.8, 4) is 0 Å². The predicted molar refractivity (Wildman–Crippen MR) is 128 cm³/mol. The van der Waals surface area contributed by atoms with E-state index in [-0.39, 0.29) is 11.8 Å². The van der Waals surface area contributed by atoms with Crippen LogP contribution in [0.1, 0.15) is 32.1 Å². The van der Waals surface area contributed by atoms with E-state index in [1.54, 1.807) is 17.5 Å². The molecule has 0 saturated heterocycles. The highest BCUT2D eigenvalue weighted by molar-refractivity contribution is 8.01. The number of anilines is 1. The van der Waals surface area contributed by atoms with Crippen molar-refractivity contribution in [2.45, 2.75) is 47.6 Å². The van der Waals surface area contributed by atoms with Gasteiger partial charge in [0.25, 0.3) is 0 Å². The van der Waals surface area contributed by atoms with Gasteiger partial charge in [-0.25, -0.2) is 9.97 Å². The van der Waals surface area contributed by atoms with E-state index in [4.69, 9.17) is 0 Å². The summed E-state index contributed by atoms with van der Waals surface area (Å²) in [7, 11) is 1.90. The maximum Gasteiger partial charge on any atom is 0.234 e. The van der Waals surface area contributed by atoms with E-state index in [0.717, 1.165) is 38.2 Å². The minimum absolute atomic E-state index is 0.0779. The third-order valence-electron chi connectivity index (χ3n) is 5.06. The number of nitrogens with one attached hydrogen (secondary N) is 2. The number of hydrogen-bond acceptors (Lipinski definition) is 7. The fourth-order valence-corrected chi connectivity index (χ4v) is 6.16. The van der Waals surface area contributed by atoms with Crippen molar-refractivity contribution in [3.05, 3.63) is 30.6 Å². The van der Waals surface area contributed by atoms with Gasteiger partial charge in [0.2, 0.25) is 11.8 Å². The first kappa shape index (κ1) is 22.2. The van der Waals surface area contributed by atoms with Crippen LogP contribution >= 0.6 is 34.9 Å². The van der Waals surface area contributed by atoms with E-state index >= 15 is 0 Å². The average molecular weight is 476 g/mol. The third kappa shape index (κ3) is 6.24. The first-order chi connectivity index (χ1) is 15.1. The largest absolute Gasteiger partial charge is 0.353 e. The molecule has 3 aromatic rings. The zero-order chi connectivity index (χ0) is 21.6. The van der Waals surface area contributed by atoms with Gasteiger partial charge in [-0.15, -0.1) is 11.3 Å². The fraction of sp³-hybridized carbons (Fsp3) is 0.429. The van der Waals surface area contributed by atoms with Crippen LogP contribution in [0.15, 0.2) is 40.1 Å². The fourth-order valence-electron chi connectivity index (χ4n) is 3.50. The van der Waals surface area contributed by atoms with Gasteiger partial charge in [0.05, 0.1) is 21.7 Å². The van der Waals surface area contributed by atoms with Gasteiger partial charge >= 0.3 is 0 Å². The maximum absolute atomic E-state index is 12.3. The summed E-state index contributed by atoms with van der Waals surface area (Å²) in [6, 6.07) is 6.02. The number of aromatic nitrogens is 3. The Labute approximate surface area is 193 Å². The van der Waals surface area contributed by atoms with Gasteiger partial charge in [-0.05, 0) is 31.0 Å². The molecule has 1 aliphatic carbocycles. The highest BCUT2D eigenvalue weighted by Crippen LogP contribution is 2.31. The molecular formula is C21H25N5O2S3. The van der Waals surface area contributed by atoms with Crippen LogP contribution in [0.2, 0.25) is 0 Å². The zero-order valence-electron chi connectivity index (χ0n) is 17.3. The Balaban J connectivity index is 1.28. The summed E-state index contributed by atoms with van der Waals surface area (Å²) in [5.41, 5.74) is 1.62. The molecule has 164 valence electrons. The first-order valence-corrected chi connectivity index (χ1v) is 13.1. The van der Waals surface area contributed by atoms with Crippen molar-refractivity contribution in [1.29, 1.82) is 0 Å². The molecule has 2 N–H and O–H groups in total. The molecule has 2 aromatic heterocycles. The normalized spacial score (nSPS) is 14.6. The molecule has 7 nitrogen and oxygen atoms in total. The lowest BCUT2D eigenvalue weighted by molar-refractivity contribution is -0.119. The molecule has 10 heteroatoms. The Kier molecular flexibility index (Phi) is 7.52. The second-order valence-corrected chi connectivity index (χ2v) is 10.7. The van der Waals surface area contributed by atoms with Crippen LogP contribution in [0, 0.1) is 0 Å². The topological polar surface area (TPSA) is 88.9 Å². The molecule has 0 aliphatic heterocycles. The number of amides is 2. The van der Waals surface area contributed by atoms with Gasteiger partial charge < -0.3 is 15.2 Å².